The van der Waals surface area contributed by atoms with Crippen molar-refractivity contribution in [1.29, 1.82) is 0 Å². The van der Waals surface area contributed by atoms with Crippen molar-refractivity contribution in [3.63, 3.8) is 0 Å². The van der Waals surface area contributed by atoms with E-state index in [0.717, 1.165) is 22.9 Å². The van der Waals surface area contributed by atoms with Crippen molar-refractivity contribution in [3.8, 4) is 0 Å². The second kappa shape index (κ2) is 7.91. The molecule has 6 heteroatoms. The third-order valence-corrected chi connectivity index (χ3v) is 5.42. The Balaban J connectivity index is 2.41. The van der Waals surface area contributed by atoms with Crippen molar-refractivity contribution in [2.75, 3.05) is 15.9 Å². The fourth-order valence-electron chi connectivity index (χ4n) is 2.91. The Morgan fingerprint density at radius 3 is 2.31 bits per heavy atom. The number of hydrogen-bond acceptors (Lipinski definition) is 3. The van der Waals surface area contributed by atoms with Crippen LogP contribution in [0.3, 0.4) is 0 Å². The molecule has 2 aromatic rings. The molecule has 0 saturated heterocycles. The molecule has 0 fully saturated rings. The third kappa shape index (κ3) is 4.64. The van der Waals surface area contributed by atoms with E-state index in [4.69, 9.17) is 0 Å². The van der Waals surface area contributed by atoms with E-state index in [1.165, 1.54) is 4.31 Å². The van der Waals surface area contributed by atoms with Crippen LogP contribution < -0.4 is 9.62 Å². The molecule has 0 aliphatic heterocycles. The summed E-state index contributed by atoms with van der Waals surface area (Å²) < 4.78 is 26.1. The number of anilines is 2. The maximum atomic E-state index is 12.9. The predicted molar refractivity (Wildman–Crippen MR) is 107 cm³/mol. The van der Waals surface area contributed by atoms with Crippen LogP contribution >= 0.6 is 0 Å². The number of sulfonamides is 1. The van der Waals surface area contributed by atoms with Gasteiger partial charge < -0.3 is 5.32 Å². The summed E-state index contributed by atoms with van der Waals surface area (Å²) in [5, 5.41) is 2.89. The normalized spacial score (nSPS) is 12.5. The third-order valence-electron chi connectivity index (χ3n) is 4.24. The van der Waals surface area contributed by atoms with Crippen LogP contribution in [0.1, 0.15) is 30.0 Å². The van der Waals surface area contributed by atoms with Crippen LogP contribution in [0, 0.1) is 20.8 Å². The van der Waals surface area contributed by atoms with Gasteiger partial charge in [0.1, 0.15) is 6.04 Å². The van der Waals surface area contributed by atoms with Crippen LogP contribution in [0.5, 0.6) is 0 Å². The van der Waals surface area contributed by atoms with Crippen LogP contribution in [0.15, 0.2) is 42.5 Å². The highest BCUT2D eigenvalue weighted by atomic mass is 32.2. The molecule has 140 valence electrons. The fourth-order valence-corrected chi connectivity index (χ4v) is 4.12. The molecule has 0 heterocycles. The van der Waals surface area contributed by atoms with Gasteiger partial charge in [-0.15, -0.1) is 0 Å². The van der Waals surface area contributed by atoms with Crippen LogP contribution in [-0.4, -0.2) is 26.6 Å². The molecular formula is C20H26N2O3S. The number of benzene rings is 2. The van der Waals surface area contributed by atoms with Gasteiger partial charge in [-0.1, -0.05) is 31.2 Å². The smallest absolute Gasteiger partial charge is 0.248 e. The van der Waals surface area contributed by atoms with Crippen molar-refractivity contribution in [3.05, 3.63) is 59.2 Å². The molecule has 5 nitrogen and oxygen atoms in total. The first kappa shape index (κ1) is 20.0. The van der Waals surface area contributed by atoms with E-state index in [-0.39, 0.29) is 5.91 Å². The number of carbonyl (C=O) groups excluding carboxylic acids is 1. The lowest BCUT2D eigenvalue weighted by Gasteiger charge is -2.30. The van der Waals surface area contributed by atoms with E-state index in [1.807, 2.05) is 45.0 Å². The van der Waals surface area contributed by atoms with Gasteiger partial charge in [0.25, 0.3) is 0 Å². The van der Waals surface area contributed by atoms with Gasteiger partial charge in [-0.25, -0.2) is 8.42 Å². The zero-order chi connectivity index (χ0) is 19.5. The first-order valence-corrected chi connectivity index (χ1v) is 10.4. The van der Waals surface area contributed by atoms with Crippen LogP contribution in [0.2, 0.25) is 0 Å². The monoisotopic (exact) mass is 374 g/mol. The van der Waals surface area contributed by atoms with Crippen LogP contribution in [-0.2, 0) is 14.8 Å². The van der Waals surface area contributed by atoms with E-state index < -0.39 is 16.1 Å². The second-order valence-corrected chi connectivity index (χ2v) is 8.49. The number of aryl methyl sites for hydroxylation is 3. The highest BCUT2D eigenvalue weighted by molar-refractivity contribution is 7.92. The van der Waals surface area contributed by atoms with E-state index in [1.54, 1.807) is 25.1 Å². The standard InChI is InChI=1S/C20H26N2O3S/c1-6-19(20(23)21-18-13-15(3)10-11-16(18)4)22(26(5,24)25)17-9-7-8-14(2)12-17/h7-13,19H,6H2,1-5H3,(H,21,23). The topological polar surface area (TPSA) is 66.5 Å². The average Bonchev–Trinajstić information content (AvgIpc) is 2.54. The predicted octanol–water partition coefficient (Wildman–Crippen LogP) is 3.80. The summed E-state index contributed by atoms with van der Waals surface area (Å²) in [4.78, 5) is 12.9. The van der Waals surface area contributed by atoms with Gasteiger partial charge in [0, 0.05) is 5.69 Å². The maximum absolute atomic E-state index is 12.9. The van der Waals surface area contributed by atoms with E-state index in [0.29, 0.717) is 17.8 Å². The van der Waals surface area contributed by atoms with Crippen molar-refractivity contribution in [1.82, 2.24) is 0 Å². The lowest BCUT2D eigenvalue weighted by Crippen LogP contribution is -2.47. The average molecular weight is 375 g/mol. The highest BCUT2D eigenvalue weighted by Crippen LogP contribution is 2.25. The van der Waals surface area contributed by atoms with Crippen molar-refractivity contribution in [2.45, 2.75) is 40.2 Å². The Hall–Kier alpha value is -2.34. The quantitative estimate of drug-likeness (QED) is 0.836. The summed E-state index contributed by atoms with van der Waals surface area (Å²) in [5.41, 5.74) is 4.08. The van der Waals surface area contributed by atoms with Gasteiger partial charge in [0.15, 0.2) is 0 Å². The van der Waals surface area contributed by atoms with Crippen molar-refractivity contribution in [2.24, 2.45) is 0 Å². The van der Waals surface area contributed by atoms with Gasteiger partial charge in [-0.05, 0) is 62.1 Å². The molecule has 26 heavy (non-hydrogen) atoms. The van der Waals surface area contributed by atoms with E-state index >= 15 is 0 Å². The molecule has 1 amide bonds. The first-order valence-electron chi connectivity index (χ1n) is 8.57. The molecule has 0 spiro atoms. The van der Waals surface area contributed by atoms with Gasteiger partial charge in [0.05, 0.1) is 11.9 Å². The number of amides is 1. The minimum Gasteiger partial charge on any atom is -0.324 e. The second-order valence-electron chi connectivity index (χ2n) is 6.63. The Morgan fingerprint density at radius 1 is 1.08 bits per heavy atom. The number of rotatable bonds is 6. The summed E-state index contributed by atoms with van der Waals surface area (Å²) in [7, 11) is -3.63. The minimum atomic E-state index is -3.63. The summed E-state index contributed by atoms with van der Waals surface area (Å²) >= 11 is 0. The number of carbonyl (C=O) groups is 1. The van der Waals surface area contributed by atoms with Crippen molar-refractivity contribution < 1.29 is 13.2 Å². The maximum Gasteiger partial charge on any atom is 0.248 e. The first-order chi connectivity index (χ1) is 12.1. The molecule has 2 rings (SSSR count). The number of nitrogens with one attached hydrogen (secondary N) is 1. The number of hydrogen-bond donors (Lipinski definition) is 1. The molecule has 0 aromatic heterocycles. The fraction of sp³-hybridized carbons (Fsp3) is 0.350. The lowest BCUT2D eigenvalue weighted by molar-refractivity contribution is -0.117. The Morgan fingerprint density at radius 2 is 1.73 bits per heavy atom. The lowest BCUT2D eigenvalue weighted by atomic mass is 10.1. The molecule has 2 aromatic carbocycles. The Labute approximate surface area is 156 Å². The van der Waals surface area contributed by atoms with Crippen molar-refractivity contribution >= 4 is 27.3 Å². The van der Waals surface area contributed by atoms with E-state index in [9.17, 15) is 13.2 Å². The van der Waals surface area contributed by atoms with Crippen LogP contribution in [0.25, 0.3) is 0 Å². The molecule has 0 radical (unpaired) electrons. The molecule has 0 bridgehead atoms. The molecule has 1 unspecified atom stereocenters. The highest BCUT2D eigenvalue weighted by Gasteiger charge is 2.31. The van der Waals surface area contributed by atoms with Crippen LogP contribution in [0.4, 0.5) is 11.4 Å². The molecule has 0 saturated carbocycles. The summed E-state index contributed by atoms with van der Waals surface area (Å²) in [5.74, 6) is -0.340. The zero-order valence-electron chi connectivity index (χ0n) is 15.9. The van der Waals surface area contributed by atoms with Gasteiger partial charge in [-0.3, -0.25) is 9.10 Å². The Bertz CT molecular complexity index is 907. The zero-order valence-corrected chi connectivity index (χ0v) is 16.7. The van der Waals surface area contributed by atoms with Gasteiger partial charge in [0.2, 0.25) is 15.9 Å². The SMILES string of the molecule is CCC(C(=O)Nc1cc(C)ccc1C)N(c1cccc(C)c1)S(C)(=O)=O. The summed E-state index contributed by atoms with van der Waals surface area (Å²) in [6.07, 6.45) is 1.49. The molecule has 0 aliphatic carbocycles. The summed E-state index contributed by atoms with van der Waals surface area (Å²) in [6, 6.07) is 12.1. The summed E-state index contributed by atoms with van der Waals surface area (Å²) in [6.45, 7) is 7.55. The van der Waals surface area contributed by atoms with Gasteiger partial charge in [-0.2, -0.15) is 0 Å². The molecule has 1 atom stereocenters. The largest absolute Gasteiger partial charge is 0.324 e. The molecule has 0 aliphatic rings. The minimum absolute atomic E-state index is 0.340. The van der Waals surface area contributed by atoms with Gasteiger partial charge >= 0.3 is 0 Å². The molecule has 1 N–H and O–H groups in total. The molecular weight excluding hydrogens is 348 g/mol. The van der Waals surface area contributed by atoms with E-state index in [2.05, 4.69) is 5.32 Å². The number of nitrogens with zero attached hydrogens (tertiary/aromatic N) is 1. The Kier molecular flexibility index (Phi) is 6.08.